The Balaban J connectivity index is 1.46. The van der Waals surface area contributed by atoms with E-state index in [1.807, 2.05) is 24.3 Å². The lowest BCUT2D eigenvalue weighted by Crippen LogP contribution is -2.54. The first-order valence-electron chi connectivity index (χ1n) is 9.14. The number of urea groups is 1. The van der Waals surface area contributed by atoms with Crippen LogP contribution in [0, 0.1) is 0 Å². The van der Waals surface area contributed by atoms with Crippen molar-refractivity contribution in [1.29, 1.82) is 0 Å². The molecule has 0 spiro atoms. The predicted molar refractivity (Wildman–Crippen MR) is 112 cm³/mol. The van der Waals surface area contributed by atoms with Crippen LogP contribution in [0.1, 0.15) is 11.9 Å². The molecular weight excluding hydrogens is 416 g/mol. The second-order valence-corrected chi connectivity index (χ2v) is 8.05. The summed E-state index contributed by atoms with van der Waals surface area (Å²) < 4.78 is 4.98. The molecule has 3 amide bonds. The first-order valence-corrected chi connectivity index (χ1v) is 10.3. The Morgan fingerprint density at radius 3 is 2.72 bits per heavy atom. The van der Waals surface area contributed by atoms with Gasteiger partial charge in [0, 0.05) is 44.0 Å². The highest BCUT2D eigenvalue weighted by molar-refractivity contribution is 7.15. The Morgan fingerprint density at radius 1 is 1.28 bits per heavy atom. The molecule has 9 nitrogen and oxygen atoms in total. The Bertz CT molecular complexity index is 856. The van der Waals surface area contributed by atoms with E-state index in [-0.39, 0.29) is 11.9 Å². The summed E-state index contributed by atoms with van der Waals surface area (Å²) >= 11 is 7.28. The van der Waals surface area contributed by atoms with Gasteiger partial charge >= 0.3 is 6.03 Å². The van der Waals surface area contributed by atoms with Crippen molar-refractivity contribution >= 4 is 45.7 Å². The summed E-state index contributed by atoms with van der Waals surface area (Å²) in [6.07, 6.45) is 0. The third-order valence-electron chi connectivity index (χ3n) is 4.44. The maximum absolute atomic E-state index is 12.5. The van der Waals surface area contributed by atoms with Crippen molar-refractivity contribution in [3.8, 4) is 0 Å². The number of anilines is 2. The van der Waals surface area contributed by atoms with Gasteiger partial charge in [0.15, 0.2) is 0 Å². The number of carbonyl (C=O) groups excluding carboxylic acids is 2. The van der Waals surface area contributed by atoms with Crippen LogP contribution < -0.4 is 15.5 Å². The van der Waals surface area contributed by atoms with Gasteiger partial charge in [-0.1, -0.05) is 29.0 Å². The molecule has 1 aliphatic rings. The number of benzene rings is 1. The zero-order valence-corrected chi connectivity index (χ0v) is 17.8. The number of carbonyl (C=O) groups is 2. The average Bonchev–Trinajstić information content (AvgIpc) is 3.15. The fourth-order valence-corrected chi connectivity index (χ4v) is 3.78. The number of halogens is 1. The number of hydrogen-bond acceptors (Lipinski definition) is 7. The van der Waals surface area contributed by atoms with E-state index in [0.29, 0.717) is 47.9 Å². The van der Waals surface area contributed by atoms with Crippen LogP contribution in [0.15, 0.2) is 24.3 Å². The molecule has 156 valence electrons. The molecular formula is C18H23ClN6O3S. The SMILES string of the molecule is COCc1nnc(NC(=O)[C@@H](C)NC(=O)N2CCN(c3cccc(Cl)c3)CC2)s1. The number of amides is 3. The lowest BCUT2D eigenvalue weighted by molar-refractivity contribution is -0.117. The predicted octanol–water partition coefficient (Wildman–Crippen LogP) is 2.20. The first-order chi connectivity index (χ1) is 14.0. The zero-order valence-electron chi connectivity index (χ0n) is 16.2. The average molecular weight is 439 g/mol. The van der Waals surface area contributed by atoms with Crippen LogP contribution in [0.4, 0.5) is 15.6 Å². The summed E-state index contributed by atoms with van der Waals surface area (Å²) in [4.78, 5) is 28.7. The van der Waals surface area contributed by atoms with Crippen molar-refractivity contribution in [2.24, 2.45) is 0 Å². The van der Waals surface area contributed by atoms with Gasteiger partial charge in [0.25, 0.3) is 0 Å². The van der Waals surface area contributed by atoms with Crippen LogP contribution in [-0.4, -0.2) is 66.4 Å². The maximum atomic E-state index is 12.5. The van der Waals surface area contributed by atoms with Crippen molar-refractivity contribution < 1.29 is 14.3 Å². The molecule has 3 rings (SSSR count). The van der Waals surface area contributed by atoms with E-state index in [4.69, 9.17) is 16.3 Å². The molecule has 2 aromatic rings. The standard InChI is InChI=1S/C18H23ClN6O3S/c1-12(16(26)21-17-23-22-15(29-17)11-28-2)20-18(27)25-8-6-24(7-9-25)14-5-3-4-13(19)10-14/h3-5,10,12H,6-9,11H2,1-2H3,(H,20,27)(H,21,23,26)/t12-/m1/s1. The molecule has 1 atom stereocenters. The van der Waals surface area contributed by atoms with Crippen molar-refractivity contribution in [2.45, 2.75) is 19.6 Å². The number of rotatable bonds is 6. The van der Waals surface area contributed by atoms with Crippen molar-refractivity contribution in [1.82, 2.24) is 20.4 Å². The number of ether oxygens (including phenoxy) is 1. The van der Waals surface area contributed by atoms with E-state index < -0.39 is 6.04 Å². The van der Waals surface area contributed by atoms with Crippen molar-refractivity contribution in [3.63, 3.8) is 0 Å². The van der Waals surface area contributed by atoms with Gasteiger partial charge in [-0.05, 0) is 25.1 Å². The van der Waals surface area contributed by atoms with Gasteiger partial charge in [-0.3, -0.25) is 10.1 Å². The van der Waals surface area contributed by atoms with Crippen LogP contribution in [0.2, 0.25) is 5.02 Å². The fraction of sp³-hybridized carbons (Fsp3) is 0.444. The van der Waals surface area contributed by atoms with Gasteiger partial charge in [0.05, 0.1) is 0 Å². The summed E-state index contributed by atoms with van der Waals surface area (Å²) in [5, 5.41) is 14.9. The molecule has 1 saturated heterocycles. The zero-order chi connectivity index (χ0) is 20.8. The number of nitrogens with one attached hydrogen (secondary N) is 2. The molecule has 0 aliphatic carbocycles. The van der Waals surface area contributed by atoms with Gasteiger partial charge in [-0.15, -0.1) is 10.2 Å². The minimum Gasteiger partial charge on any atom is -0.377 e. The Morgan fingerprint density at radius 2 is 2.03 bits per heavy atom. The number of aromatic nitrogens is 2. The molecule has 0 bridgehead atoms. The molecule has 1 aromatic carbocycles. The van der Waals surface area contributed by atoms with E-state index in [0.717, 1.165) is 5.69 Å². The lowest BCUT2D eigenvalue weighted by atomic mass is 10.2. The topological polar surface area (TPSA) is 99.7 Å². The quantitative estimate of drug-likeness (QED) is 0.717. The molecule has 29 heavy (non-hydrogen) atoms. The Kier molecular flexibility index (Phi) is 7.24. The van der Waals surface area contributed by atoms with Crippen molar-refractivity contribution in [3.05, 3.63) is 34.3 Å². The summed E-state index contributed by atoms with van der Waals surface area (Å²) in [6, 6.07) is 6.68. The maximum Gasteiger partial charge on any atom is 0.318 e. The molecule has 1 aromatic heterocycles. The molecule has 11 heteroatoms. The number of nitrogens with zero attached hydrogens (tertiary/aromatic N) is 4. The summed E-state index contributed by atoms with van der Waals surface area (Å²) in [7, 11) is 1.56. The molecule has 0 saturated carbocycles. The van der Waals surface area contributed by atoms with E-state index in [1.54, 1.807) is 18.9 Å². The molecule has 2 heterocycles. The van der Waals surface area contributed by atoms with Gasteiger partial charge in [0.2, 0.25) is 11.0 Å². The number of piperazine rings is 1. The fourth-order valence-electron chi connectivity index (χ4n) is 2.88. The Hall–Kier alpha value is -2.43. The first kappa shape index (κ1) is 21.3. The van der Waals surface area contributed by atoms with E-state index in [9.17, 15) is 9.59 Å². The lowest BCUT2D eigenvalue weighted by Gasteiger charge is -2.36. The summed E-state index contributed by atoms with van der Waals surface area (Å²) in [5.74, 6) is -0.351. The van der Waals surface area contributed by atoms with E-state index in [1.165, 1.54) is 11.3 Å². The van der Waals surface area contributed by atoms with Crippen LogP contribution in [0.5, 0.6) is 0 Å². The normalized spacial score (nSPS) is 15.1. The second kappa shape index (κ2) is 9.86. The molecule has 0 radical (unpaired) electrons. The smallest absolute Gasteiger partial charge is 0.318 e. The molecule has 1 aliphatic heterocycles. The summed E-state index contributed by atoms with van der Waals surface area (Å²) in [5.41, 5.74) is 1.04. The van der Waals surface area contributed by atoms with Crippen molar-refractivity contribution in [2.75, 3.05) is 43.5 Å². The minimum atomic E-state index is -0.705. The van der Waals surface area contributed by atoms with Crippen LogP contribution in [-0.2, 0) is 16.1 Å². The highest BCUT2D eigenvalue weighted by atomic mass is 35.5. The van der Waals surface area contributed by atoms with Crippen LogP contribution in [0.3, 0.4) is 0 Å². The van der Waals surface area contributed by atoms with Gasteiger partial charge in [0.1, 0.15) is 17.7 Å². The highest BCUT2D eigenvalue weighted by Gasteiger charge is 2.24. The van der Waals surface area contributed by atoms with Gasteiger partial charge in [-0.2, -0.15) is 0 Å². The largest absolute Gasteiger partial charge is 0.377 e. The highest BCUT2D eigenvalue weighted by Crippen LogP contribution is 2.21. The summed E-state index contributed by atoms with van der Waals surface area (Å²) in [6.45, 7) is 4.48. The van der Waals surface area contributed by atoms with Crippen LogP contribution in [0.25, 0.3) is 0 Å². The van der Waals surface area contributed by atoms with Crippen LogP contribution >= 0.6 is 22.9 Å². The number of hydrogen-bond donors (Lipinski definition) is 2. The molecule has 1 fully saturated rings. The third kappa shape index (κ3) is 5.78. The molecule has 0 unspecified atom stereocenters. The van der Waals surface area contributed by atoms with E-state index in [2.05, 4.69) is 25.7 Å². The molecule has 2 N–H and O–H groups in total. The Labute approximate surface area is 178 Å². The minimum absolute atomic E-state index is 0.268. The van der Waals surface area contributed by atoms with Gasteiger partial charge < -0.3 is 19.9 Å². The second-order valence-electron chi connectivity index (χ2n) is 6.55. The third-order valence-corrected chi connectivity index (χ3v) is 5.49. The number of methoxy groups -OCH3 is 1. The monoisotopic (exact) mass is 438 g/mol. The van der Waals surface area contributed by atoms with Gasteiger partial charge in [-0.25, -0.2) is 4.79 Å². The van der Waals surface area contributed by atoms with E-state index >= 15 is 0 Å².